The van der Waals surface area contributed by atoms with E-state index in [0.717, 1.165) is 30.1 Å². The molecule has 0 aromatic heterocycles. The summed E-state index contributed by atoms with van der Waals surface area (Å²) in [6, 6.07) is 28.0. The second-order valence-electron chi connectivity index (χ2n) is 10.2. The van der Waals surface area contributed by atoms with Crippen LogP contribution >= 0.6 is 0 Å². The minimum absolute atomic E-state index is 0.206. The summed E-state index contributed by atoms with van der Waals surface area (Å²) in [5.74, 6) is 3.58. The maximum absolute atomic E-state index is 2.51. The molecule has 0 nitrogen and oxygen atoms in total. The van der Waals surface area contributed by atoms with Crippen LogP contribution in [0.5, 0.6) is 0 Å². The summed E-state index contributed by atoms with van der Waals surface area (Å²) in [5.41, 5.74) is 9.60. The lowest BCUT2D eigenvalue weighted by Gasteiger charge is -2.62. The van der Waals surface area contributed by atoms with Gasteiger partial charge in [0.1, 0.15) is 0 Å². The van der Waals surface area contributed by atoms with Gasteiger partial charge in [0.15, 0.2) is 0 Å². The van der Waals surface area contributed by atoms with E-state index in [2.05, 4.69) is 72.8 Å². The van der Waals surface area contributed by atoms with Gasteiger partial charge in [0.05, 0.1) is 0 Å². The van der Waals surface area contributed by atoms with Gasteiger partial charge in [0.25, 0.3) is 0 Å². The Morgan fingerprint density at radius 3 is 2.00 bits per heavy atom. The van der Waals surface area contributed by atoms with Crippen LogP contribution in [-0.2, 0) is 11.8 Å². The van der Waals surface area contributed by atoms with Crippen molar-refractivity contribution in [2.75, 3.05) is 0 Å². The SMILES string of the molecule is c1ccc(C2(c3cccc4c3-c3ccccc3C4)C3CC4CC(C3)CC2C4)cc1. The average molecular weight is 377 g/mol. The van der Waals surface area contributed by atoms with Gasteiger partial charge in [0, 0.05) is 5.41 Å². The molecule has 0 radical (unpaired) electrons. The molecule has 4 fully saturated rings. The zero-order chi connectivity index (χ0) is 19.0. The van der Waals surface area contributed by atoms with E-state index in [1.165, 1.54) is 43.2 Å². The quantitative estimate of drug-likeness (QED) is 0.353. The van der Waals surface area contributed by atoms with Crippen LogP contribution in [0.1, 0.15) is 54.4 Å². The van der Waals surface area contributed by atoms with Crippen molar-refractivity contribution in [3.8, 4) is 11.1 Å². The van der Waals surface area contributed by atoms with Crippen LogP contribution in [-0.4, -0.2) is 0 Å². The van der Waals surface area contributed by atoms with Crippen molar-refractivity contribution < 1.29 is 0 Å². The normalized spacial score (nSPS) is 33.5. The Kier molecular flexibility index (Phi) is 3.32. The minimum atomic E-state index is 0.206. The third kappa shape index (κ3) is 2.10. The molecule has 0 amide bonds. The fourth-order valence-corrected chi connectivity index (χ4v) is 8.24. The zero-order valence-electron chi connectivity index (χ0n) is 17.0. The third-order valence-electron chi connectivity index (χ3n) is 8.94. The van der Waals surface area contributed by atoms with Gasteiger partial charge in [-0.05, 0) is 95.6 Å². The van der Waals surface area contributed by atoms with Gasteiger partial charge in [-0.15, -0.1) is 0 Å². The molecular weight excluding hydrogens is 348 g/mol. The predicted molar refractivity (Wildman–Crippen MR) is 119 cm³/mol. The lowest BCUT2D eigenvalue weighted by Crippen LogP contribution is -2.56. The van der Waals surface area contributed by atoms with E-state index < -0.39 is 0 Å². The van der Waals surface area contributed by atoms with Crippen molar-refractivity contribution >= 4 is 0 Å². The molecule has 29 heavy (non-hydrogen) atoms. The summed E-state index contributed by atoms with van der Waals surface area (Å²) < 4.78 is 0. The fourth-order valence-electron chi connectivity index (χ4n) is 8.24. The number of rotatable bonds is 2. The average Bonchev–Trinajstić information content (AvgIpc) is 3.13. The molecule has 0 spiro atoms. The molecule has 0 unspecified atom stereocenters. The lowest BCUT2D eigenvalue weighted by atomic mass is 9.42. The summed E-state index contributed by atoms with van der Waals surface area (Å²) in [7, 11) is 0. The highest BCUT2D eigenvalue weighted by molar-refractivity contribution is 5.81. The van der Waals surface area contributed by atoms with Crippen LogP contribution in [0.4, 0.5) is 0 Å². The van der Waals surface area contributed by atoms with E-state index >= 15 is 0 Å². The van der Waals surface area contributed by atoms with Gasteiger partial charge in [0.2, 0.25) is 0 Å². The van der Waals surface area contributed by atoms with E-state index in [1.54, 1.807) is 22.3 Å². The van der Waals surface area contributed by atoms with Gasteiger partial charge in [-0.3, -0.25) is 0 Å². The molecule has 5 aliphatic carbocycles. The Labute approximate surface area is 174 Å². The summed E-state index contributed by atoms with van der Waals surface area (Å²) in [6.07, 6.45) is 8.36. The van der Waals surface area contributed by atoms with Gasteiger partial charge in [-0.2, -0.15) is 0 Å². The zero-order valence-corrected chi connectivity index (χ0v) is 17.0. The van der Waals surface area contributed by atoms with Crippen LogP contribution < -0.4 is 0 Å². The van der Waals surface area contributed by atoms with Gasteiger partial charge < -0.3 is 0 Å². The van der Waals surface area contributed by atoms with Crippen LogP contribution in [0.15, 0.2) is 72.8 Å². The molecular formula is C29H28. The molecule has 4 saturated carbocycles. The Hall–Kier alpha value is -2.34. The molecule has 3 aromatic rings. The molecule has 4 bridgehead atoms. The number of fused-ring (bicyclic) bond motifs is 3. The van der Waals surface area contributed by atoms with Crippen molar-refractivity contribution in [3.63, 3.8) is 0 Å². The first-order chi connectivity index (χ1) is 14.3. The standard InChI is InChI=1S/C29H28/c1-2-9-23(10-3-1)29(24-14-19-13-20(16-24)17-25(29)15-19)27-12-6-8-22-18-21-7-4-5-11-26(21)28(22)27/h1-12,19-20,24-25H,13-18H2. The monoisotopic (exact) mass is 376 g/mol. The summed E-state index contributed by atoms with van der Waals surface area (Å²) in [6.45, 7) is 0. The lowest BCUT2D eigenvalue weighted by molar-refractivity contribution is -0.0416. The highest BCUT2D eigenvalue weighted by atomic mass is 14.6. The smallest absolute Gasteiger partial charge is 0.0265 e. The van der Waals surface area contributed by atoms with Crippen LogP contribution in [0.2, 0.25) is 0 Å². The molecule has 0 heteroatoms. The number of hydrogen-bond acceptors (Lipinski definition) is 0. The van der Waals surface area contributed by atoms with Crippen LogP contribution in [0, 0.1) is 23.7 Å². The molecule has 0 saturated heterocycles. The van der Waals surface area contributed by atoms with Gasteiger partial charge in [-0.1, -0.05) is 72.8 Å². The first-order valence-corrected chi connectivity index (χ1v) is 11.6. The van der Waals surface area contributed by atoms with Crippen LogP contribution in [0.25, 0.3) is 11.1 Å². The van der Waals surface area contributed by atoms with Crippen molar-refractivity contribution in [1.82, 2.24) is 0 Å². The highest BCUT2D eigenvalue weighted by Crippen LogP contribution is 2.66. The maximum atomic E-state index is 2.51. The van der Waals surface area contributed by atoms with Crippen molar-refractivity contribution in [1.29, 1.82) is 0 Å². The first-order valence-electron chi connectivity index (χ1n) is 11.6. The second-order valence-corrected chi connectivity index (χ2v) is 10.2. The molecule has 144 valence electrons. The van der Waals surface area contributed by atoms with E-state index in [1.807, 2.05) is 0 Å². The molecule has 8 rings (SSSR count). The topological polar surface area (TPSA) is 0 Å². The molecule has 0 heterocycles. The van der Waals surface area contributed by atoms with Crippen molar-refractivity contribution in [2.45, 2.75) is 43.9 Å². The molecule has 0 aliphatic heterocycles. The van der Waals surface area contributed by atoms with Crippen LogP contribution in [0.3, 0.4) is 0 Å². The Morgan fingerprint density at radius 2 is 1.24 bits per heavy atom. The van der Waals surface area contributed by atoms with E-state index in [0.29, 0.717) is 0 Å². The maximum Gasteiger partial charge on any atom is 0.0265 e. The molecule has 5 aliphatic rings. The predicted octanol–water partition coefficient (Wildman–Crippen LogP) is 7.00. The number of benzene rings is 3. The molecule has 3 aromatic carbocycles. The van der Waals surface area contributed by atoms with Gasteiger partial charge in [-0.25, -0.2) is 0 Å². The summed E-state index contributed by atoms with van der Waals surface area (Å²) in [4.78, 5) is 0. The summed E-state index contributed by atoms with van der Waals surface area (Å²) >= 11 is 0. The second kappa shape index (κ2) is 5.85. The van der Waals surface area contributed by atoms with Crippen molar-refractivity contribution in [2.24, 2.45) is 23.7 Å². The Balaban J connectivity index is 1.54. The highest BCUT2D eigenvalue weighted by Gasteiger charge is 2.59. The third-order valence-corrected chi connectivity index (χ3v) is 8.94. The molecule has 0 N–H and O–H groups in total. The van der Waals surface area contributed by atoms with E-state index in [9.17, 15) is 0 Å². The molecule has 0 atom stereocenters. The van der Waals surface area contributed by atoms with E-state index in [4.69, 9.17) is 0 Å². The fraction of sp³-hybridized carbons (Fsp3) is 0.379. The largest absolute Gasteiger partial charge is 0.0622 e. The first kappa shape index (κ1) is 16.5. The Bertz CT molecular complexity index is 1060. The summed E-state index contributed by atoms with van der Waals surface area (Å²) in [5, 5.41) is 0. The number of hydrogen-bond donors (Lipinski definition) is 0. The Morgan fingerprint density at radius 1 is 0.586 bits per heavy atom. The minimum Gasteiger partial charge on any atom is -0.0622 e. The van der Waals surface area contributed by atoms with Crippen molar-refractivity contribution in [3.05, 3.63) is 95.1 Å². The van der Waals surface area contributed by atoms with E-state index in [-0.39, 0.29) is 5.41 Å². The van der Waals surface area contributed by atoms with Gasteiger partial charge >= 0.3 is 0 Å².